The lowest BCUT2D eigenvalue weighted by Crippen LogP contribution is -2.30. The van der Waals surface area contributed by atoms with Gasteiger partial charge in [0.25, 0.3) is 0 Å². The number of aliphatic hydroxyl groups is 1. The lowest BCUT2D eigenvalue weighted by molar-refractivity contribution is -0.161. The van der Waals surface area contributed by atoms with E-state index in [9.17, 15) is 43.2 Å². The zero-order valence-corrected chi connectivity index (χ0v) is 67.6. The van der Waals surface area contributed by atoms with Crippen molar-refractivity contribution in [3.63, 3.8) is 0 Å². The number of hydrogen-bond donors (Lipinski definition) is 3. The van der Waals surface area contributed by atoms with Crippen LogP contribution in [0.2, 0.25) is 0 Å². The smallest absolute Gasteiger partial charge is 0.462 e. The Bertz CT molecular complexity index is 2050. The van der Waals surface area contributed by atoms with Crippen molar-refractivity contribution in [1.29, 1.82) is 0 Å². The summed E-state index contributed by atoms with van der Waals surface area (Å²) in [6.45, 7) is 11.9. The first kappa shape index (κ1) is 98.5. The highest BCUT2D eigenvalue weighted by molar-refractivity contribution is 7.47. The SMILES string of the molecule is CCCCCC/C=C\C=C/CCCCCCCC(=O)O[C@H](COC(=O)CCCCCCCCCC(C)C)COP(=O)(O)OCC(O)COP(=O)(O)OC[C@@H](COC(=O)CCCCCCCCCCCCCCC(C)C)OC(=O)CCCCCCCCCCCCCCCCCCCCC(C)C. The van der Waals surface area contributed by atoms with Crippen molar-refractivity contribution in [1.82, 2.24) is 0 Å². The van der Waals surface area contributed by atoms with Crippen molar-refractivity contribution in [2.75, 3.05) is 39.6 Å². The van der Waals surface area contributed by atoms with Crippen LogP contribution in [0.1, 0.15) is 402 Å². The van der Waals surface area contributed by atoms with Gasteiger partial charge in [-0.05, 0) is 69.1 Å². The van der Waals surface area contributed by atoms with Crippen molar-refractivity contribution in [2.24, 2.45) is 17.8 Å². The highest BCUT2D eigenvalue weighted by Crippen LogP contribution is 2.45. The quantitative estimate of drug-likeness (QED) is 0.0169. The van der Waals surface area contributed by atoms with Gasteiger partial charge in [-0.1, -0.05) is 349 Å². The summed E-state index contributed by atoms with van der Waals surface area (Å²) in [5, 5.41) is 10.6. The molecule has 0 aliphatic rings. The molecule has 0 bridgehead atoms. The van der Waals surface area contributed by atoms with Gasteiger partial charge in [0.2, 0.25) is 0 Å². The first-order chi connectivity index (χ1) is 48.7. The monoisotopic (exact) mass is 1480 g/mol. The number of carbonyl (C=O) groups excluding carboxylic acids is 4. The van der Waals surface area contributed by atoms with E-state index in [4.69, 9.17) is 37.0 Å². The van der Waals surface area contributed by atoms with E-state index in [2.05, 4.69) is 72.8 Å². The molecule has 17 nitrogen and oxygen atoms in total. The van der Waals surface area contributed by atoms with Crippen LogP contribution in [-0.2, 0) is 65.4 Å². The van der Waals surface area contributed by atoms with Gasteiger partial charge in [-0.15, -0.1) is 0 Å². The first-order valence-corrected chi connectivity index (χ1v) is 44.7. The molecule has 0 saturated carbocycles. The van der Waals surface area contributed by atoms with Crippen LogP contribution < -0.4 is 0 Å². The van der Waals surface area contributed by atoms with Crippen LogP contribution in [0.5, 0.6) is 0 Å². The molecule has 5 atom stereocenters. The average Bonchev–Trinajstić information content (AvgIpc) is 0.922. The molecule has 0 saturated heterocycles. The number of rotatable bonds is 78. The lowest BCUT2D eigenvalue weighted by Gasteiger charge is -2.21. The highest BCUT2D eigenvalue weighted by atomic mass is 31.2. The molecule has 0 radical (unpaired) electrons. The molecule has 19 heteroatoms. The van der Waals surface area contributed by atoms with E-state index in [0.29, 0.717) is 31.6 Å². The summed E-state index contributed by atoms with van der Waals surface area (Å²) in [5.74, 6) is 0.160. The fraction of sp³-hybridized carbons (Fsp3) is 0.902. The third-order valence-corrected chi connectivity index (χ3v) is 20.4. The number of aliphatic hydroxyl groups excluding tert-OH is 1. The van der Waals surface area contributed by atoms with Crippen LogP contribution in [0.3, 0.4) is 0 Å². The van der Waals surface area contributed by atoms with Gasteiger partial charge in [-0.2, -0.15) is 0 Å². The number of phosphoric ester groups is 2. The van der Waals surface area contributed by atoms with Crippen LogP contribution in [0.15, 0.2) is 24.3 Å². The number of carbonyl (C=O) groups is 4. The van der Waals surface area contributed by atoms with E-state index in [0.717, 1.165) is 121 Å². The summed E-state index contributed by atoms with van der Waals surface area (Å²) in [4.78, 5) is 73.0. The topological polar surface area (TPSA) is 237 Å². The molecule has 0 fully saturated rings. The maximum Gasteiger partial charge on any atom is 0.472 e. The van der Waals surface area contributed by atoms with Gasteiger partial charge in [0.15, 0.2) is 12.2 Å². The second-order valence-electron chi connectivity index (χ2n) is 30.3. The van der Waals surface area contributed by atoms with Crippen LogP contribution in [0.4, 0.5) is 0 Å². The number of allylic oxidation sites excluding steroid dienone is 4. The minimum atomic E-state index is -4.97. The van der Waals surface area contributed by atoms with Crippen molar-refractivity contribution < 1.29 is 80.2 Å². The summed E-state index contributed by atoms with van der Waals surface area (Å²) in [6, 6.07) is 0. The summed E-state index contributed by atoms with van der Waals surface area (Å²) >= 11 is 0. The molecule has 0 aromatic carbocycles. The van der Waals surface area contributed by atoms with Gasteiger partial charge >= 0.3 is 39.5 Å². The minimum absolute atomic E-state index is 0.0842. The Balaban J connectivity index is 5.26. The molecule has 101 heavy (non-hydrogen) atoms. The average molecular weight is 1480 g/mol. The van der Waals surface area contributed by atoms with Crippen LogP contribution in [0.25, 0.3) is 0 Å². The van der Waals surface area contributed by atoms with Gasteiger partial charge in [-0.25, -0.2) is 9.13 Å². The summed E-state index contributed by atoms with van der Waals surface area (Å²) in [5.41, 5.74) is 0. The molecule has 0 aliphatic heterocycles. The van der Waals surface area contributed by atoms with Gasteiger partial charge < -0.3 is 33.8 Å². The predicted octanol–water partition coefficient (Wildman–Crippen LogP) is 24.1. The number of phosphoric acid groups is 2. The summed E-state index contributed by atoms with van der Waals surface area (Å²) in [7, 11) is -9.93. The Morgan fingerprint density at radius 2 is 0.535 bits per heavy atom. The molecular formula is C82H156O17P2. The molecule has 0 aromatic heterocycles. The maximum atomic E-state index is 13.1. The van der Waals surface area contributed by atoms with Crippen molar-refractivity contribution >= 4 is 39.5 Å². The van der Waals surface area contributed by atoms with E-state index in [-0.39, 0.29) is 25.7 Å². The number of hydrogen-bond acceptors (Lipinski definition) is 15. The van der Waals surface area contributed by atoms with Crippen molar-refractivity contribution in [3.8, 4) is 0 Å². The maximum absolute atomic E-state index is 13.1. The number of esters is 4. The molecule has 0 aliphatic carbocycles. The second kappa shape index (κ2) is 71.8. The van der Waals surface area contributed by atoms with Crippen molar-refractivity contribution in [2.45, 2.75) is 420 Å². The lowest BCUT2D eigenvalue weighted by atomic mass is 10.0. The molecule has 0 rings (SSSR count). The number of ether oxygens (including phenoxy) is 4. The zero-order valence-electron chi connectivity index (χ0n) is 65.9. The molecule has 3 unspecified atom stereocenters. The first-order valence-electron chi connectivity index (χ1n) is 41.7. The molecule has 0 amide bonds. The van der Waals surface area contributed by atoms with Crippen molar-refractivity contribution in [3.05, 3.63) is 24.3 Å². The second-order valence-corrected chi connectivity index (χ2v) is 33.2. The fourth-order valence-electron chi connectivity index (χ4n) is 12.1. The molecule has 596 valence electrons. The van der Waals surface area contributed by atoms with E-state index in [1.54, 1.807) is 0 Å². The zero-order chi connectivity index (χ0) is 74.4. The molecule has 0 heterocycles. The molecule has 0 aromatic rings. The third kappa shape index (κ3) is 75.6. The van der Waals surface area contributed by atoms with E-state index in [1.165, 1.54) is 193 Å². The Labute approximate surface area is 618 Å². The fourth-order valence-corrected chi connectivity index (χ4v) is 13.7. The third-order valence-electron chi connectivity index (χ3n) is 18.5. The van der Waals surface area contributed by atoms with Gasteiger partial charge in [-0.3, -0.25) is 37.3 Å². The Morgan fingerprint density at radius 3 is 0.802 bits per heavy atom. The summed E-state index contributed by atoms with van der Waals surface area (Å²) in [6.07, 6.45) is 63.4. The Hall–Kier alpha value is -2.46. The largest absolute Gasteiger partial charge is 0.472 e. The molecule has 3 N–H and O–H groups in total. The van der Waals surface area contributed by atoms with Crippen LogP contribution >= 0.6 is 15.6 Å². The standard InChI is InChI=1S/C82H156O17P2/c1-8-9-10-11-12-13-14-15-20-24-31-36-43-51-58-65-82(87)99-78(70-93-80(85)64-57-50-45-38-41-48-55-62-75(6)7)72-97-101(90,91)95-68-76(83)67-94-100(88,89)96-71-77(69-92-79(84)63-56-49-42-35-30-27-26-29-34-40-47-54-61-74(4)5)98-81(86)66-59-52-44-37-32-25-22-19-17-16-18-21-23-28-33-39-46-53-60-73(2)3/h13-15,20,73-78,83H,8-12,16-19,21-72H2,1-7H3,(H,88,89)(H,90,91)/b14-13-,20-15-/t76?,77-,78-/m1/s1. The highest BCUT2D eigenvalue weighted by Gasteiger charge is 2.30. The Morgan fingerprint density at radius 1 is 0.307 bits per heavy atom. The van der Waals surface area contributed by atoms with Crippen LogP contribution in [-0.4, -0.2) is 96.7 Å². The Kier molecular flexibility index (Phi) is 70.0. The molecular weight excluding hydrogens is 1320 g/mol. The van der Waals surface area contributed by atoms with Gasteiger partial charge in [0, 0.05) is 25.7 Å². The minimum Gasteiger partial charge on any atom is -0.462 e. The predicted molar refractivity (Wildman–Crippen MR) is 414 cm³/mol. The van der Waals surface area contributed by atoms with Gasteiger partial charge in [0.1, 0.15) is 19.3 Å². The number of unbranched alkanes of at least 4 members (excludes halogenated alkanes) is 43. The van der Waals surface area contributed by atoms with E-state index < -0.39 is 97.5 Å². The van der Waals surface area contributed by atoms with E-state index in [1.807, 2.05) is 0 Å². The van der Waals surface area contributed by atoms with Gasteiger partial charge in [0.05, 0.1) is 26.4 Å². The molecule has 0 spiro atoms. The normalized spacial score (nSPS) is 14.1. The van der Waals surface area contributed by atoms with E-state index >= 15 is 0 Å². The summed E-state index contributed by atoms with van der Waals surface area (Å²) < 4.78 is 68.7. The van der Waals surface area contributed by atoms with Crippen LogP contribution in [0, 0.1) is 17.8 Å².